The smallest absolute Gasteiger partial charge is 0.179 e. The molecule has 6 nitrogen and oxygen atoms in total. The van der Waals surface area contributed by atoms with Gasteiger partial charge in [-0.05, 0) is 31.2 Å². The van der Waals surface area contributed by atoms with E-state index in [9.17, 15) is 16.8 Å². The van der Waals surface area contributed by atoms with Crippen LogP contribution in [-0.2, 0) is 19.7 Å². The van der Waals surface area contributed by atoms with Crippen LogP contribution in [0.4, 0.5) is 0 Å². The molecule has 0 fully saturated rings. The summed E-state index contributed by atoms with van der Waals surface area (Å²) >= 11 is 0. The van der Waals surface area contributed by atoms with E-state index in [1.807, 2.05) is 6.92 Å². The molecule has 21 heavy (non-hydrogen) atoms. The summed E-state index contributed by atoms with van der Waals surface area (Å²) in [6.07, 6.45) is 3.05. The van der Waals surface area contributed by atoms with Crippen molar-refractivity contribution in [3.8, 4) is 5.75 Å². The van der Waals surface area contributed by atoms with E-state index in [0.717, 1.165) is 31.5 Å². The Morgan fingerprint density at radius 1 is 1.05 bits per heavy atom. The first-order valence-electron chi connectivity index (χ1n) is 6.54. The summed E-state index contributed by atoms with van der Waals surface area (Å²) in [5, 5.41) is 3.13. The van der Waals surface area contributed by atoms with Crippen molar-refractivity contribution in [3.05, 3.63) is 18.2 Å². The van der Waals surface area contributed by atoms with Gasteiger partial charge >= 0.3 is 0 Å². The highest BCUT2D eigenvalue weighted by Gasteiger charge is 2.18. The van der Waals surface area contributed by atoms with Crippen LogP contribution in [0, 0.1) is 0 Å². The number of sulfone groups is 2. The molecule has 8 heteroatoms. The molecule has 1 aromatic rings. The summed E-state index contributed by atoms with van der Waals surface area (Å²) in [5.41, 5.74) is 0. The zero-order valence-electron chi connectivity index (χ0n) is 12.4. The Hall–Kier alpha value is -1.12. The number of hydrogen-bond donors (Lipinski definition) is 1. The second-order valence-corrected chi connectivity index (χ2v) is 8.75. The minimum atomic E-state index is -3.57. The van der Waals surface area contributed by atoms with E-state index in [-0.39, 0.29) is 15.5 Å². The number of ether oxygens (including phenoxy) is 1. The Morgan fingerprint density at radius 3 is 2.24 bits per heavy atom. The molecule has 0 spiro atoms. The van der Waals surface area contributed by atoms with Crippen molar-refractivity contribution in [1.29, 1.82) is 0 Å². The molecular weight excluding hydrogens is 314 g/mol. The van der Waals surface area contributed by atoms with E-state index >= 15 is 0 Å². The van der Waals surface area contributed by atoms with E-state index < -0.39 is 19.7 Å². The summed E-state index contributed by atoms with van der Waals surface area (Å²) in [7, 11) is -7.04. The Bertz CT molecular complexity index is 681. The minimum absolute atomic E-state index is 0.0422. The molecule has 0 aliphatic heterocycles. The predicted octanol–water partition coefficient (Wildman–Crippen LogP) is 0.872. The van der Waals surface area contributed by atoms with Crippen LogP contribution in [0.3, 0.4) is 0 Å². The monoisotopic (exact) mass is 335 g/mol. The lowest BCUT2D eigenvalue weighted by atomic mass is 10.3. The lowest BCUT2D eigenvalue weighted by Crippen LogP contribution is -2.22. The van der Waals surface area contributed by atoms with Crippen molar-refractivity contribution in [2.24, 2.45) is 0 Å². The summed E-state index contributed by atoms with van der Waals surface area (Å²) < 4.78 is 52.0. The van der Waals surface area contributed by atoms with Gasteiger partial charge < -0.3 is 10.1 Å². The molecule has 0 atom stereocenters. The zero-order chi connectivity index (χ0) is 16.1. The lowest BCUT2D eigenvalue weighted by Gasteiger charge is -2.12. The van der Waals surface area contributed by atoms with Crippen molar-refractivity contribution in [2.75, 3.05) is 32.2 Å². The molecule has 0 saturated heterocycles. The number of rotatable bonds is 8. The van der Waals surface area contributed by atoms with Gasteiger partial charge in [0.05, 0.1) is 4.90 Å². The maximum Gasteiger partial charge on any atom is 0.179 e. The van der Waals surface area contributed by atoms with Gasteiger partial charge in [0.25, 0.3) is 0 Å². The molecule has 0 aromatic heterocycles. The molecule has 120 valence electrons. The van der Waals surface area contributed by atoms with Crippen molar-refractivity contribution >= 4 is 19.7 Å². The van der Waals surface area contributed by atoms with Gasteiger partial charge in [0.2, 0.25) is 0 Å². The SMILES string of the molecule is CCCNCCOc1ccc(S(C)(=O)=O)cc1S(C)(=O)=O. The fourth-order valence-electron chi connectivity index (χ4n) is 1.66. The molecule has 1 aromatic carbocycles. The summed E-state index contributed by atoms with van der Waals surface area (Å²) in [5.74, 6) is 0.170. The molecule has 0 amide bonds. The quantitative estimate of drug-likeness (QED) is 0.709. The first-order chi connectivity index (χ1) is 9.66. The highest BCUT2D eigenvalue weighted by Crippen LogP contribution is 2.27. The van der Waals surface area contributed by atoms with Crippen molar-refractivity contribution in [1.82, 2.24) is 5.32 Å². The van der Waals surface area contributed by atoms with E-state index in [4.69, 9.17) is 4.74 Å². The number of nitrogens with one attached hydrogen (secondary N) is 1. The van der Waals surface area contributed by atoms with Gasteiger partial charge in [0.1, 0.15) is 17.3 Å². The Kier molecular flexibility index (Phi) is 6.18. The van der Waals surface area contributed by atoms with Crippen LogP contribution in [0.25, 0.3) is 0 Å². The molecule has 1 rings (SSSR count). The van der Waals surface area contributed by atoms with E-state index in [2.05, 4.69) is 5.32 Å². The molecule has 0 saturated carbocycles. The Labute approximate surface area is 126 Å². The molecule has 0 aliphatic rings. The second-order valence-electron chi connectivity index (χ2n) is 4.75. The highest BCUT2D eigenvalue weighted by molar-refractivity contribution is 7.91. The van der Waals surface area contributed by atoms with Gasteiger partial charge in [0, 0.05) is 19.1 Å². The fraction of sp³-hybridized carbons (Fsp3) is 0.538. The third-order valence-corrected chi connectivity index (χ3v) is 4.93. The standard InChI is InChI=1S/C13H21NO5S2/c1-4-7-14-8-9-19-12-6-5-11(20(2,15)16)10-13(12)21(3,17)18/h5-6,10,14H,4,7-9H2,1-3H3. The zero-order valence-corrected chi connectivity index (χ0v) is 14.1. The van der Waals surface area contributed by atoms with Gasteiger partial charge in [-0.15, -0.1) is 0 Å². The Morgan fingerprint density at radius 2 is 1.71 bits per heavy atom. The Balaban J connectivity index is 2.99. The summed E-state index contributed by atoms with van der Waals surface area (Å²) in [6, 6.07) is 3.87. The van der Waals surface area contributed by atoms with E-state index in [0.29, 0.717) is 13.2 Å². The highest BCUT2D eigenvalue weighted by atomic mass is 32.2. The first-order valence-corrected chi connectivity index (χ1v) is 10.3. The normalized spacial score (nSPS) is 12.3. The van der Waals surface area contributed by atoms with Crippen LogP contribution in [0.15, 0.2) is 28.0 Å². The van der Waals surface area contributed by atoms with Gasteiger partial charge in [-0.2, -0.15) is 0 Å². The van der Waals surface area contributed by atoms with Crippen molar-refractivity contribution < 1.29 is 21.6 Å². The van der Waals surface area contributed by atoms with Gasteiger partial charge in [-0.1, -0.05) is 6.92 Å². The van der Waals surface area contributed by atoms with Gasteiger partial charge in [0.15, 0.2) is 19.7 Å². The molecule has 0 unspecified atom stereocenters. The molecule has 0 radical (unpaired) electrons. The molecular formula is C13H21NO5S2. The average molecular weight is 335 g/mol. The largest absolute Gasteiger partial charge is 0.491 e. The summed E-state index contributed by atoms with van der Waals surface area (Å²) in [6.45, 7) is 3.79. The van der Waals surface area contributed by atoms with Crippen LogP contribution in [0.5, 0.6) is 5.75 Å². The molecule has 1 N–H and O–H groups in total. The van der Waals surface area contributed by atoms with Crippen LogP contribution in [-0.4, -0.2) is 49.0 Å². The summed E-state index contributed by atoms with van der Waals surface area (Å²) in [4.78, 5) is -0.153. The lowest BCUT2D eigenvalue weighted by molar-refractivity contribution is 0.306. The van der Waals surface area contributed by atoms with Crippen molar-refractivity contribution in [2.45, 2.75) is 23.1 Å². The molecule has 0 aliphatic carbocycles. The van der Waals surface area contributed by atoms with Crippen LogP contribution < -0.4 is 10.1 Å². The average Bonchev–Trinajstić information content (AvgIpc) is 2.36. The molecule has 0 heterocycles. The van der Waals surface area contributed by atoms with E-state index in [1.165, 1.54) is 12.1 Å². The van der Waals surface area contributed by atoms with Gasteiger partial charge in [-0.3, -0.25) is 0 Å². The predicted molar refractivity (Wildman–Crippen MR) is 81.3 cm³/mol. The second kappa shape index (κ2) is 7.24. The third kappa shape index (κ3) is 5.64. The number of hydrogen-bond acceptors (Lipinski definition) is 6. The molecule has 0 bridgehead atoms. The topological polar surface area (TPSA) is 89.5 Å². The maximum absolute atomic E-state index is 11.8. The van der Waals surface area contributed by atoms with Gasteiger partial charge in [-0.25, -0.2) is 16.8 Å². The third-order valence-electron chi connectivity index (χ3n) is 2.71. The first kappa shape index (κ1) is 17.9. The number of benzene rings is 1. The van der Waals surface area contributed by atoms with E-state index in [1.54, 1.807) is 0 Å². The van der Waals surface area contributed by atoms with Crippen LogP contribution in [0.2, 0.25) is 0 Å². The fourth-order valence-corrected chi connectivity index (χ4v) is 3.22. The van der Waals surface area contributed by atoms with Crippen LogP contribution >= 0.6 is 0 Å². The van der Waals surface area contributed by atoms with Crippen molar-refractivity contribution in [3.63, 3.8) is 0 Å². The minimum Gasteiger partial charge on any atom is -0.491 e. The maximum atomic E-state index is 11.8. The van der Waals surface area contributed by atoms with Crippen LogP contribution in [0.1, 0.15) is 13.3 Å².